The maximum atomic E-state index is 9.90. The lowest BCUT2D eigenvalue weighted by atomic mass is 10.0. The number of fused-ring (bicyclic) bond motifs is 1. The molecule has 0 amide bonds. The zero-order valence-corrected chi connectivity index (χ0v) is 11.1. The maximum Gasteiger partial charge on any atom is 0.0971 e. The van der Waals surface area contributed by atoms with Gasteiger partial charge in [-0.15, -0.1) is 11.3 Å². The molecular formula is C15H17NOS. The summed E-state index contributed by atoms with van der Waals surface area (Å²) in [5, 5.41) is 11.1. The Bertz CT molecular complexity index is 521. The molecule has 0 fully saturated rings. The zero-order valence-electron chi connectivity index (χ0n) is 10.3. The maximum absolute atomic E-state index is 9.90. The first-order valence-corrected chi connectivity index (χ1v) is 7.35. The summed E-state index contributed by atoms with van der Waals surface area (Å²) in [6.45, 7) is 0. The molecular weight excluding hydrogens is 242 g/mol. The van der Waals surface area contributed by atoms with Crippen LogP contribution < -0.4 is 0 Å². The summed E-state index contributed by atoms with van der Waals surface area (Å²) in [7, 11) is 0. The van der Waals surface area contributed by atoms with Crippen LogP contribution >= 0.6 is 11.3 Å². The Morgan fingerprint density at radius 3 is 2.83 bits per heavy atom. The summed E-state index contributed by atoms with van der Waals surface area (Å²) in [4.78, 5) is 5.92. The van der Waals surface area contributed by atoms with Crippen LogP contribution in [0.2, 0.25) is 0 Å². The third-order valence-corrected chi connectivity index (χ3v) is 4.63. The second kappa shape index (κ2) is 5.21. The van der Waals surface area contributed by atoms with Gasteiger partial charge in [0.25, 0.3) is 0 Å². The fourth-order valence-corrected chi connectivity index (χ4v) is 3.61. The van der Waals surface area contributed by atoms with Crippen LogP contribution in [-0.4, -0.2) is 10.1 Å². The van der Waals surface area contributed by atoms with E-state index in [-0.39, 0.29) is 6.10 Å². The summed E-state index contributed by atoms with van der Waals surface area (Å²) < 4.78 is 0. The Kier molecular flexibility index (Phi) is 3.43. The number of aliphatic hydroxyl groups excluding tert-OH is 1. The lowest BCUT2D eigenvalue weighted by molar-refractivity contribution is 0.153. The van der Waals surface area contributed by atoms with Crippen LogP contribution in [0.1, 0.15) is 40.1 Å². The van der Waals surface area contributed by atoms with Crippen LogP contribution in [0.3, 0.4) is 0 Å². The van der Waals surface area contributed by atoms with E-state index >= 15 is 0 Å². The van der Waals surface area contributed by atoms with Crippen LogP contribution in [0.5, 0.6) is 0 Å². The van der Waals surface area contributed by atoms with Crippen LogP contribution in [0.4, 0.5) is 0 Å². The smallest absolute Gasteiger partial charge is 0.0971 e. The number of benzene rings is 1. The number of hydrogen-bond donors (Lipinski definition) is 1. The fourth-order valence-electron chi connectivity index (χ4n) is 2.45. The molecule has 0 saturated heterocycles. The second-order valence-electron chi connectivity index (χ2n) is 4.81. The SMILES string of the molecule is OC1CCCc2sc(CCc3ccccc3)nc21. The Balaban J connectivity index is 1.70. The van der Waals surface area contributed by atoms with E-state index in [0.717, 1.165) is 37.8 Å². The monoisotopic (exact) mass is 259 g/mol. The van der Waals surface area contributed by atoms with Gasteiger partial charge in [0.05, 0.1) is 16.8 Å². The van der Waals surface area contributed by atoms with Gasteiger partial charge in [0.15, 0.2) is 0 Å². The molecule has 1 aromatic carbocycles. The van der Waals surface area contributed by atoms with Crippen LogP contribution in [-0.2, 0) is 19.3 Å². The minimum atomic E-state index is -0.324. The van der Waals surface area contributed by atoms with Gasteiger partial charge in [0.1, 0.15) is 0 Å². The molecule has 2 nitrogen and oxygen atoms in total. The number of nitrogens with zero attached hydrogens (tertiary/aromatic N) is 1. The van der Waals surface area contributed by atoms with Gasteiger partial charge in [-0.1, -0.05) is 30.3 Å². The molecule has 1 aliphatic rings. The molecule has 3 heteroatoms. The van der Waals surface area contributed by atoms with E-state index in [1.807, 2.05) is 6.07 Å². The standard InChI is InChI=1S/C15H17NOS/c17-12-7-4-8-13-15(12)16-14(18-13)10-9-11-5-2-1-3-6-11/h1-3,5-6,12,17H,4,7-10H2. The predicted octanol–water partition coefficient (Wildman–Crippen LogP) is 3.30. The lowest BCUT2D eigenvalue weighted by Gasteiger charge is -2.14. The number of aryl methyl sites for hydroxylation is 3. The molecule has 18 heavy (non-hydrogen) atoms. The van der Waals surface area contributed by atoms with Crippen molar-refractivity contribution in [3.8, 4) is 0 Å². The predicted molar refractivity (Wildman–Crippen MR) is 73.9 cm³/mol. The normalized spacial score (nSPS) is 18.6. The van der Waals surface area contributed by atoms with Gasteiger partial charge in [-0.05, 0) is 31.2 Å². The Hall–Kier alpha value is -1.19. The summed E-state index contributed by atoms with van der Waals surface area (Å²) >= 11 is 1.79. The molecule has 94 valence electrons. The first kappa shape index (κ1) is 11.9. The Morgan fingerprint density at radius 1 is 1.22 bits per heavy atom. The highest BCUT2D eigenvalue weighted by atomic mass is 32.1. The van der Waals surface area contributed by atoms with Gasteiger partial charge < -0.3 is 5.11 Å². The lowest BCUT2D eigenvalue weighted by Crippen LogP contribution is -2.07. The molecule has 1 heterocycles. The minimum absolute atomic E-state index is 0.324. The van der Waals surface area contributed by atoms with Gasteiger partial charge in [0, 0.05) is 11.3 Å². The van der Waals surface area contributed by atoms with Crippen molar-refractivity contribution in [2.24, 2.45) is 0 Å². The topological polar surface area (TPSA) is 33.1 Å². The van der Waals surface area contributed by atoms with Gasteiger partial charge in [-0.25, -0.2) is 4.98 Å². The van der Waals surface area contributed by atoms with Crippen LogP contribution in [0.25, 0.3) is 0 Å². The van der Waals surface area contributed by atoms with E-state index in [1.165, 1.54) is 15.4 Å². The number of hydrogen-bond acceptors (Lipinski definition) is 3. The molecule has 0 bridgehead atoms. The average Bonchev–Trinajstić information content (AvgIpc) is 2.82. The molecule has 1 atom stereocenters. The molecule has 0 saturated carbocycles. The quantitative estimate of drug-likeness (QED) is 0.917. The minimum Gasteiger partial charge on any atom is -0.387 e. The van der Waals surface area contributed by atoms with Crippen molar-refractivity contribution in [3.05, 3.63) is 51.5 Å². The largest absolute Gasteiger partial charge is 0.387 e. The van der Waals surface area contributed by atoms with Crippen molar-refractivity contribution in [1.82, 2.24) is 4.98 Å². The first-order valence-electron chi connectivity index (χ1n) is 6.53. The highest BCUT2D eigenvalue weighted by Gasteiger charge is 2.22. The van der Waals surface area contributed by atoms with Gasteiger partial charge in [-0.3, -0.25) is 0 Å². The highest BCUT2D eigenvalue weighted by molar-refractivity contribution is 7.11. The molecule has 1 aromatic heterocycles. The molecule has 0 spiro atoms. The number of aliphatic hydroxyl groups is 1. The molecule has 0 radical (unpaired) electrons. The van der Waals surface area contributed by atoms with Crippen LogP contribution in [0, 0.1) is 0 Å². The van der Waals surface area contributed by atoms with Gasteiger partial charge in [0.2, 0.25) is 0 Å². The summed E-state index contributed by atoms with van der Waals surface area (Å²) in [5.74, 6) is 0. The average molecular weight is 259 g/mol. The van der Waals surface area contributed by atoms with E-state index in [0.29, 0.717) is 0 Å². The first-order chi connectivity index (χ1) is 8.83. The fraction of sp³-hybridized carbons (Fsp3) is 0.400. The van der Waals surface area contributed by atoms with Crippen molar-refractivity contribution < 1.29 is 5.11 Å². The van der Waals surface area contributed by atoms with Gasteiger partial charge >= 0.3 is 0 Å². The number of rotatable bonds is 3. The van der Waals surface area contributed by atoms with Crippen molar-refractivity contribution in [2.45, 2.75) is 38.2 Å². The van der Waals surface area contributed by atoms with Crippen molar-refractivity contribution in [3.63, 3.8) is 0 Å². The third-order valence-electron chi connectivity index (χ3n) is 3.44. The van der Waals surface area contributed by atoms with Crippen molar-refractivity contribution in [1.29, 1.82) is 0 Å². The van der Waals surface area contributed by atoms with E-state index in [2.05, 4.69) is 29.2 Å². The molecule has 3 rings (SSSR count). The Labute approximate surface area is 111 Å². The molecule has 0 aliphatic heterocycles. The van der Waals surface area contributed by atoms with E-state index < -0.39 is 0 Å². The summed E-state index contributed by atoms with van der Waals surface area (Å²) in [6, 6.07) is 10.5. The van der Waals surface area contributed by atoms with Gasteiger partial charge in [-0.2, -0.15) is 0 Å². The number of aromatic nitrogens is 1. The van der Waals surface area contributed by atoms with Crippen molar-refractivity contribution in [2.75, 3.05) is 0 Å². The number of thiazole rings is 1. The van der Waals surface area contributed by atoms with E-state index in [4.69, 9.17) is 0 Å². The third kappa shape index (κ3) is 2.47. The molecule has 1 N–H and O–H groups in total. The van der Waals surface area contributed by atoms with Crippen LogP contribution in [0.15, 0.2) is 30.3 Å². The Morgan fingerprint density at radius 2 is 2.06 bits per heavy atom. The molecule has 1 unspecified atom stereocenters. The van der Waals surface area contributed by atoms with Crippen molar-refractivity contribution >= 4 is 11.3 Å². The molecule has 2 aromatic rings. The highest BCUT2D eigenvalue weighted by Crippen LogP contribution is 2.33. The second-order valence-corrected chi connectivity index (χ2v) is 5.98. The zero-order chi connectivity index (χ0) is 12.4. The summed E-state index contributed by atoms with van der Waals surface area (Å²) in [6.07, 6.45) is 4.74. The van der Waals surface area contributed by atoms with E-state index in [1.54, 1.807) is 11.3 Å². The molecule has 1 aliphatic carbocycles. The summed E-state index contributed by atoms with van der Waals surface area (Å²) in [5.41, 5.74) is 2.31. The van der Waals surface area contributed by atoms with E-state index in [9.17, 15) is 5.11 Å².